The number of halogens is 1. The highest BCUT2D eigenvalue weighted by Crippen LogP contribution is 2.25. The molecule has 1 N–H and O–H groups in total. The molecule has 0 radical (unpaired) electrons. The molecule has 128 valence electrons. The lowest BCUT2D eigenvalue weighted by molar-refractivity contribution is 0.102. The summed E-state index contributed by atoms with van der Waals surface area (Å²) in [4.78, 5) is 20.9. The molecule has 5 nitrogen and oxygen atoms in total. The Morgan fingerprint density at radius 2 is 1.92 bits per heavy atom. The standard InChI is InChI=1S/C20H15ClN4O/c1-25-12-22-11-18(25)13-6-7-14-10-23-19(9-15(14)8-13)24-20(26)16-4-2-3-5-17(16)21/h2-12H,1H3,(H,23,24,26). The predicted molar refractivity (Wildman–Crippen MR) is 103 cm³/mol. The lowest BCUT2D eigenvalue weighted by Gasteiger charge is -2.08. The van der Waals surface area contributed by atoms with E-state index in [2.05, 4.69) is 21.4 Å². The molecule has 0 bridgehead atoms. The van der Waals surface area contributed by atoms with Gasteiger partial charge in [-0.05, 0) is 29.7 Å². The molecule has 2 aromatic heterocycles. The molecule has 0 atom stereocenters. The lowest BCUT2D eigenvalue weighted by Crippen LogP contribution is -2.13. The molecule has 0 aliphatic heterocycles. The maximum atomic E-state index is 12.4. The minimum atomic E-state index is -0.287. The zero-order valence-corrected chi connectivity index (χ0v) is 14.7. The summed E-state index contributed by atoms with van der Waals surface area (Å²) in [7, 11) is 1.95. The number of aromatic nitrogens is 3. The summed E-state index contributed by atoms with van der Waals surface area (Å²) < 4.78 is 1.96. The van der Waals surface area contributed by atoms with E-state index in [1.807, 2.05) is 36.0 Å². The third-order valence-corrected chi connectivity index (χ3v) is 4.52. The first-order chi connectivity index (χ1) is 12.6. The van der Waals surface area contributed by atoms with Crippen molar-refractivity contribution in [3.05, 3.63) is 77.8 Å². The summed E-state index contributed by atoms with van der Waals surface area (Å²) in [6.07, 6.45) is 5.33. The van der Waals surface area contributed by atoms with Crippen molar-refractivity contribution in [1.29, 1.82) is 0 Å². The fourth-order valence-electron chi connectivity index (χ4n) is 2.83. The maximum Gasteiger partial charge on any atom is 0.258 e. The van der Waals surface area contributed by atoms with Crippen LogP contribution < -0.4 is 5.32 Å². The first-order valence-electron chi connectivity index (χ1n) is 8.04. The number of aryl methyl sites for hydroxylation is 1. The Morgan fingerprint density at radius 1 is 1.08 bits per heavy atom. The quantitative estimate of drug-likeness (QED) is 0.582. The van der Waals surface area contributed by atoms with Crippen molar-refractivity contribution in [2.75, 3.05) is 5.32 Å². The van der Waals surface area contributed by atoms with Crippen LogP contribution in [0.3, 0.4) is 0 Å². The van der Waals surface area contributed by atoms with E-state index in [0.29, 0.717) is 16.4 Å². The van der Waals surface area contributed by atoms with Crippen molar-refractivity contribution in [3.63, 3.8) is 0 Å². The topological polar surface area (TPSA) is 59.8 Å². The third kappa shape index (κ3) is 3.05. The van der Waals surface area contributed by atoms with E-state index in [9.17, 15) is 4.79 Å². The predicted octanol–water partition coefficient (Wildman–Crippen LogP) is 4.54. The van der Waals surface area contributed by atoms with Crippen LogP contribution in [0.4, 0.5) is 5.82 Å². The van der Waals surface area contributed by atoms with Crippen LogP contribution in [-0.2, 0) is 7.05 Å². The first kappa shape index (κ1) is 16.3. The zero-order chi connectivity index (χ0) is 18.1. The molecular weight excluding hydrogens is 348 g/mol. The Morgan fingerprint density at radius 3 is 2.69 bits per heavy atom. The van der Waals surface area contributed by atoms with Crippen LogP contribution in [0.15, 0.2) is 67.3 Å². The number of nitrogens with one attached hydrogen (secondary N) is 1. The van der Waals surface area contributed by atoms with Gasteiger partial charge in [0.15, 0.2) is 0 Å². The number of pyridine rings is 1. The van der Waals surface area contributed by atoms with Gasteiger partial charge >= 0.3 is 0 Å². The summed E-state index contributed by atoms with van der Waals surface area (Å²) in [6.45, 7) is 0. The summed E-state index contributed by atoms with van der Waals surface area (Å²) in [5.74, 6) is 0.190. The normalized spacial score (nSPS) is 10.8. The number of rotatable bonds is 3. The first-order valence-corrected chi connectivity index (χ1v) is 8.42. The van der Waals surface area contributed by atoms with Crippen molar-refractivity contribution < 1.29 is 4.79 Å². The molecule has 4 aromatic rings. The molecule has 1 amide bonds. The highest BCUT2D eigenvalue weighted by atomic mass is 35.5. The minimum absolute atomic E-state index is 0.287. The number of nitrogens with zero attached hydrogens (tertiary/aromatic N) is 3. The maximum absolute atomic E-state index is 12.4. The van der Waals surface area contributed by atoms with E-state index in [0.717, 1.165) is 22.0 Å². The van der Waals surface area contributed by atoms with Crippen molar-refractivity contribution >= 4 is 34.1 Å². The second kappa shape index (κ2) is 6.61. The van der Waals surface area contributed by atoms with Crippen LogP contribution in [0.5, 0.6) is 0 Å². The molecule has 0 saturated heterocycles. The van der Waals surface area contributed by atoms with Gasteiger partial charge in [0.25, 0.3) is 5.91 Å². The molecule has 0 unspecified atom stereocenters. The lowest BCUT2D eigenvalue weighted by atomic mass is 10.1. The second-order valence-electron chi connectivity index (χ2n) is 5.96. The van der Waals surface area contributed by atoms with Crippen LogP contribution >= 0.6 is 11.6 Å². The molecule has 0 spiro atoms. The molecule has 4 rings (SSSR count). The van der Waals surface area contributed by atoms with Crippen LogP contribution in [0.1, 0.15) is 10.4 Å². The Kier molecular flexibility index (Phi) is 4.14. The average Bonchev–Trinajstić information content (AvgIpc) is 3.07. The Hall–Kier alpha value is -3.18. The van der Waals surface area contributed by atoms with Crippen LogP contribution in [-0.4, -0.2) is 20.4 Å². The van der Waals surface area contributed by atoms with E-state index in [-0.39, 0.29) is 5.91 Å². The molecule has 2 aromatic carbocycles. The molecule has 0 aliphatic carbocycles. The fraction of sp³-hybridized carbons (Fsp3) is 0.0500. The van der Waals surface area contributed by atoms with Crippen LogP contribution in [0.25, 0.3) is 22.0 Å². The second-order valence-corrected chi connectivity index (χ2v) is 6.36. The molecule has 26 heavy (non-hydrogen) atoms. The van der Waals surface area contributed by atoms with Gasteiger partial charge in [-0.3, -0.25) is 4.79 Å². The number of carbonyl (C=O) groups is 1. The van der Waals surface area contributed by atoms with Gasteiger partial charge in [0.2, 0.25) is 0 Å². The number of hydrogen-bond donors (Lipinski definition) is 1. The summed E-state index contributed by atoms with van der Waals surface area (Å²) in [5, 5.41) is 5.18. The van der Waals surface area contributed by atoms with Gasteiger partial charge in [0.1, 0.15) is 5.82 Å². The number of amides is 1. The molecule has 0 fully saturated rings. The van der Waals surface area contributed by atoms with Gasteiger partial charge in [-0.2, -0.15) is 0 Å². The smallest absolute Gasteiger partial charge is 0.258 e. The number of benzene rings is 2. The summed E-state index contributed by atoms with van der Waals surface area (Å²) >= 11 is 6.08. The van der Waals surface area contributed by atoms with Crippen molar-refractivity contribution in [3.8, 4) is 11.3 Å². The molecule has 0 aliphatic rings. The molecular formula is C20H15ClN4O. The highest BCUT2D eigenvalue weighted by Gasteiger charge is 2.11. The Labute approximate surface area is 155 Å². The number of imidazole rings is 1. The number of carbonyl (C=O) groups excluding carboxylic acids is 1. The summed E-state index contributed by atoms with van der Waals surface area (Å²) in [5.41, 5.74) is 2.48. The highest BCUT2D eigenvalue weighted by molar-refractivity contribution is 6.34. The van der Waals surface area contributed by atoms with Crippen molar-refractivity contribution in [2.45, 2.75) is 0 Å². The van der Waals surface area contributed by atoms with E-state index in [1.54, 1.807) is 36.8 Å². The number of hydrogen-bond acceptors (Lipinski definition) is 3. The monoisotopic (exact) mass is 362 g/mol. The summed E-state index contributed by atoms with van der Waals surface area (Å²) in [6, 6.07) is 14.9. The van der Waals surface area contributed by atoms with Gasteiger partial charge in [-0.15, -0.1) is 0 Å². The van der Waals surface area contributed by atoms with E-state index in [4.69, 9.17) is 11.6 Å². The SMILES string of the molecule is Cn1cncc1-c1ccc2cnc(NC(=O)c3ccccc3Cl)cc2c1. The van der Waals surface area contributed by atoms with Gasteiger partial charge < -0.3 is 9.88 Å². The van der Waals surface area contributed by atoms with Gasteiger partial charge in [-0.25, -0.2) is 9.97 Å². The molecule has 0 saturated carbocycles. The zero-order valence-electron chi connectivity index (χ0n) is 14.0. The van der Waals surface area contributed by atoms with Gasteiger partial charge in [-0.1, -0.05) is 35.9 Å². The minimum Gasteiger partial charge on any atom is -0.334 e. The van der Waals surface area contributed by atoms with Gasteiger partial charge in [0, 0.05) is 24.2 Å². The largest absolute Gasteiger partial charge is 0.334 e. The van der Waals surface area contributed by atoms with Crippen LogP contribution in [0, 0.1) is 0 Å². The third-order valence-electron chi connectivity index (χ3n) is 4.19. The van der Waals surface area contributed by atoms with Crippen molar-refractivity contribution in [2.24, 2.45) is 7.05 Å². The van der Waals surface area contributed by atoms with E-state index >= 15 is 0 Å². The fourth-order valence-corrected chi connectivity index (χ4v) is 3.05. The molecule has 2 heterocycles. The van der Waals surface area contributed by atoms with E-state index < -0.39 is 0 Å². The number of anilines is 1. The van der Waals surface area contributed by atoms with E-state index in [1.165, 1.54) is 0 Å². The Balaban J connectivity index is 1.67. The van der Waals surface area contributed by atoms with Crippen molar-refractivity contribution in [1.82, 2.24) is 14.5 Å². The average molecular weight is 363 g/mol. The molecule has 6 heteroatoms. The van der Waals surface area contributed by atoms with Crippen LogP contribution in [0.2, 0.25) is 5.02 Å². The number of fused-ring (bicyclic) bond motifs is 1. The Bertz CT molecular complexity index is 1120. The van der Waals surface area contributed by atoms with Gasteiger partial charge in [0.05, 0.1) is 28.8 Å².